The summed E-state index contributed by atoms with van der Waals surface area (Å²) in [5.41, 5.74) is 0.923. The molecule has 26 heavy (non-hydrogen) atoms. The van der Waals surface area contributed by atoms with E-state index in [1.54, 1.807) is 18.2 Å². The van der Waals surface area contributed by atoms with Crippen molar-refractivity contribution in [2.75, 3.05) is 6.61 Å². The van der Waals surface area contributed by atoms with E-state index in [0.29, 0.717) is 39.6 Å². The van der Waals surface area contributed by atoms with Gasteiger partial charge in [0.1, 0.15) is 0 Å². The number of aliphatic hydroxyl groups is 1. The number of fused-ring (bicyclic) bond motifs is 3. The number of carbonyl (C=O) groups excluding carboxylic acids is 1. The Balaban J connectivity index is 1.63. The van der Waals surface area contributed by atoms with Crippen LogP contribution in [0.3, 0.4) is 0 Å². The van der Waals surface area contributed by atoms with Crippen LogP contribution in [0.4, 0.5) is 0 Å². The van der Waals surface area contributed by atoms with Crippen LogP contribution in [-0.2, 0) is 6.54 Å². The minimum atomic E-state index is -0.165. The molecule has 4 unspecified atom stereocenters. The quantitative estimate of drug-likeness (QED) is 0.717. The topological polar surface area (TPSA) is 87.1 Å². The summed E-state index contributed by atoms with van der Waals surface area (Å²) in [5, 5.41) is 13.3. The van der Waals surface area contributed by atoms with Crippen molar-refractivity contribution in [3.8, 4) is 0 Å². The Labute approximate surface area is 156 Å². The summed E-state index contributed by atoms with van der Waals surface area (Å²) in [5.74, 6) is 0.974. The van der Waals surface area contributed by atoms with Gasteiger partial charge < -0.3 is 15.4 Å². The molecule has 2 fully saturated rings. The highest BCUT2D eigenvalue weighted by Gasteiger charge is 2.47. The number of aromatic nitrogens is 2. The van der Waals surface area contributed by atoms with Gasteiger partial charge >= 0.3 is 0 Å². The van der Waals surface area contributed by atoms with E-state index >= 15 is 0 Å². The second kappa shape index (κ2) is 6.63. The highest BCUT2D eigenvalue weighted by molar-refractivity contribution is 7.71. The Kier molecular flexibility index (Phi) is 4.44. The third-order valence-corrected chi connectivity index (χ3v) is 6.48. The average Bonchev–Trinajstić information content (AvgIpc) is 3.23. The number of H-pyrrole nitrogens is 1. The number of hydrogen-bond donors (Lipinski definition) is 3. The standard InChI is InChI=1S/C19H23N3O3S/c1-2-22-18(25)13-6-5-12(8-15(13)20-19(22)26)17(24)21-16-11-4-3-10(7-11)14(16)9-23/h5-6,8,10-11,14,16,23H,2-4,7,9H2,1H3,(H,20,26)(H,21,24). The number of nitrogens with one attached hydrogen (secondary N) is 2. The van der Waals surface area contributed by atoms with Crippen molar-refractivity contribution in [3.05, 3.63) is 38.9 Å². The number of aromatic amines is 1. The van der Waals surface area contributed by atoms with Gasteiger partial charge in [0, 0.05) is 30.7 Å². The summed E-state index contributed by atoms with van der Waals surface area (Å²) < 4.78 is 1.86. The van der Waals surface area contributed by atoms with Gasteiger partial charge in [-0.3, -0.25) is 14.2 Å². The fraction of sp³-hybridized carbons (Fsp3) is 0.526. The molecule has 1 heterocycles. The van der Waals surface area contributed by atoms with Gasteiger partial charge in [0.15, 0.2) is 4.77 Å². The van der Waals surface area contributed by atoms with Crippen molar-refractivity contribution in [1.82, 2.24) is 14.9 Å². The molecule has 0 saturated heterocycles. The SMILES string of the molecule is CCn1c(=S)[nH]c2cc(C(=O)NC3C4CCC(C4)C3CO)ccc2c1=O. The molecule has 0 spiro atoms. The highest BCUT2D eigenvalue weighted by Crippen LogP contribution is 2.48. The van der Waals surface area contributed by atoms with E-state index < -0.39 is 0 Å². The summed E-state index contributed by atoms with van der Waals surface area (Å²) in [6, 6.07) is 5.07. The number of carbonyl (C=O) groups is 1. The van der Waals surface area contributed by atoms with E-state index in [1.165, 1.54) is 4.57 Å². The number of nitrogens with zero attached hydrogens (tertiary/aromatic N) is 1. The van der Waals surface area contributed by atoms with Gasteiger partial charge in [-0.05, 0) is 68.4 Å². The average molecular weight is 373 g/mol. The van der Waals surface area contributed by atoms with Gasteiger partial charge in [0.05, 0.1) is 10.9 Å². The van der Waals surface area contributed by atoms with Crippen LogP contribution in [-0.4, -0.2) is 33.2 Å². The van der Waals surface area contributed by atoms with Gasteiger partial charge in [-0.1, -0.05) is 0 Å². The van der Waals surface area contributed by atoms with Crippen molar-refractivity contribution in [1.29, 1.82) is 0 Å². The molecule has 3 N–H and O–H groups in total. The molecule has 1 amide bonds. The molecule has 2 aromatic rings. The molecular weight excluding hydrogens is 350 g/mol. The highest BCUT2D eigenvalue weighted by atomic mass is 32.1. The van der Waals surface area contributed by atoms with Crippen LogP contribution in [0.1, 0.15) is 36.5 Å². The lowest BCUT2D eigenvalue weighted by Crippen LogP contribution is -2.45. The lowest BCUT2D eigenvalue weighted by molar-refractivity contribution is 0.0861. The maximum atomic E-state index is 12.8. The number of aliphatic hydroxyl groups excluding tert-OH is 1. The second-order valence-electron chi connectivity index (χ2n) is 7.42. The molecule has 138 valence electrons. The van der Waals surface area contributed by atoms with E-state index in [2.05, 4.69) is 10.3 Å². The maximum Gasteiger partial charge on any atom is 0.262 e. The third-order valence-electron chi connectivity index (χ3n) is 6.16. The van der Waals surface area contributed by atoms with Gasteiger partial charge in [0.25, 0.3) is 11.5 Å². The van der Waals surface area contributed by atoms with Gasteiger partial charge in [-0.25, -0.2) is 0 Å². The first-order valence-electron chi connectivity index (χ1n) is 9.22. The molecule has 2 aliphatic rings. The zero-order chi connectivity index (χ0) is 18.4. The summed E-state index contributed by atoms with van der Waals surface area (Å²) in [6.07, 6.45) is 3.36. The third kappa shape index (κ3) is 2.70. The number of benzene rings is 1. The van der Waals surface area contributed by atoms with E-state index in [1.807, 2.05) is 6.92 Å². The first kappa shape index (κ1) is 17.4. The van der Waals surface area contributed by atoms with E-state index in [4.69, 9.17) is 12.2 Å². The minimum absolute atomic E-state index is 0.0357. The Morgan fingerprint density at radius 1 is 1.38 bits per heavy atom. The summed E-state index contributed by atoms with van der Waals surface area (Å²) in [7, 11) is 0. The van der Waals surface area contributed by atoms with Crippen molar-refractivity contribution >= 4 is 29.0 Å². The molecule has 1 aromatic heterocycles. The van der Waals surface area contributed by atoms with E-state index in [0.717, 1.165) is 19.3 Å². The van der Waals surface area contributed by atoms with Crippen LogP contribution in [0.5, 0.6) is 0 Å². The van der Waals surface area contributed by atoms with Crippen LogP contribution in [0.15, 0.2) is 23.0 Å². The first-order valence-corrected chi connectivity index (χ1v) is 9.63. The minimum Gasteiger partial charge on any atom is -0.396 e. The van der Waals surface area contributed by atoms with Crippen LogP contribution in [0.2, 0.25) is 0 Å². The van der Waals surface area contributed by atoms with Crippen LogP contribution in [0, 0.1) is 22.5 Å². The Bertz CT molecular complexity index is 980. The van der Waals surface area contributed by atoms with E-state index in [-0.39, 0.29) is 30.0 Å². The molecule has 7 heteroatoms. The number of amides is 1. The Hall–Kier alpha value is -1.99. The molecule has 0 aliphatic heterocycles. The zero-order valence-electron chi connectivity index (χ0n) is 14.7. The molecule has 2 aliphatic carbocycles. The van der Waals surface area contributed by atoms with Crippen molar-refractivity contribution in [2.45, 2.75) is 38.8 Å². The maximum absolute atomic E-state index is 12.8. The fourth-order valence-electron chi connectivity index (χ4n) is 4.82. The summed E-state index contributed by atoms with van der Waals surface area (Å²) in [6.45, 7) is 2.48. The zero-order valence-corrected chi connectivity index (χ0v) is 15.5. The molecule has 4 rings (SSSR count). The van der Waals surface area contributed by atoms with Crippen LogP contribution < -0.4 is 10.9 Å². The lowest BCUT2D eigenvalue weighted by Gasteiger charge is -2.30. The molecule has 2 saturated carbocycles. The lowest BCUT2D eigenvalue weighted by atomic mass is 9.85. The van der Waals surface area contributed by atoms with Crippen LogP contribution >= 0.6 is 12.2 Å². The van der Waals surface area contributed by atoms with Crippen molar-refractivity contribution in [2.24, 2.45) is 17.8 Å². The predicted molar refractivity (Wildman–Crippen MR) is 102 cm³/mol. The summed E-state index contributed by atoms with van der Waals surface area (Å²) >= 11 is 5.24. The number of hydrogen-bond acceptors (Lipinski definition) is 4. The number of rotatable bonds is 4. The molecule has 1 aromatic carbocycles. The summed E-state index contributed by atoms with van der Waals surface area (Å²) in [4.78, 5) is 28.3. The molecule has 0 radical (unpaired) electrons. The monoisotopic (exact) mass is 373 g/mol. The first-order chi connectivity index (χ1) is 12.5. The molecule has 2 bridgehead atoms. The normalized spacial score (nSPS) is 27.2. The van der Waals surface area contributed by atoms with Crippen molar-refractivity contribution in [3.63, 3.8) is 0 Å². The van der Waals surface area contributed by atoms with Crippen LogP contribution in [0.25, 0.3) is 10.9 Å². The van der Waals surface area contributed by atoms with Gasteiger partial charge in [0.2, 0.25) is 0 Å². The second-order valence-corrected chi connectivity index (χ2v) is 7.81. The molecule has 4 atom stereocenters. The molecular formula is C19H23N3O3S. The smallest absolute Gasteiger partial charge is 0.262 e. The fourth-order valence-corrected chi connectivity index (χ4v) is 5.14. The largest absolute Gasteiger partial charge is 0.396 e. The van der Waals surface area contributed by atoms with Crippen molar-refractivity contribution < 1.29 is 9.90 Å². The van der Waals surface area contributed by atoms with E-state index in [9.17, 15) is 14.7 Å². The Morgan fingerprint density at radius 3 is 2.88 bits per heavy atom. The van der Waals surface area contributed by atoms with Gasteiger partial charge in [-0.2, -0.15) is 0 Å². The Morgan fingerprint density at radius 2 is 2.15 bits per heavy atom. The predicted octanol–water partition coefficient (Wildman–Crippen LogP) is 2.22. The molecule has 6 nitrogen and oxygen atoms in total. The van der Waals surface area contributed by atoms with Gasteiger partial charge in [-0.15, -0.1) is 0 Å².